The summed E-state index contributed by atoms with van der Waals surface area (Å²) in [5, 5.41) is 6.01. The number of nitrogens with one attached hydrogen (secondary N) is 1. The molecule has 1 N–H and O–H groups in total. The van der Waals surface area contributed by atoms with Crippen LogP contribution in [0.1, 0.15) is 60.6 Å². The van der Waals surface area contributed by atoms with Gasteiger partial charge in [-0.3, -0.25) is 9.59 Å². The van der Waals surface area contributed by atoms with E-state index in [0.717, 1.165) is 36.4 Å². The molecule has 0 spiro atoms. The van der Waals surface area contributed by atoms with E-state index in [0.29, 0.717) is 31.0 Å². The monoisotopic (exact) mass is 429 g/mol. The minimum absolute atomic E-state index is 0.0322. The summed E-state index contributed by atoms with van der Waals surface area (Å²) in [6.45, 7) is 7.71. The molecule has 0 radical (unpaired) electrons. The van der Waals surface area contributed by atoms with Gasteiger partial charge in [0, 0.05) is 30.1 Å². The van der Waals surface area contributed by atoms with E-state index in [4.69, 9.17) is 4.74 Å². The molecule has 0 bridgehead atoms. The Balaban J connectivity index is 1.57. The Morgan fingerprint density at radius 3 is 2.70 bits per heavy atom. The van der Waals surface area contributed by atoms with Gasteiger partial charge in [-0.1, -0.05) is 13.3 Å². The number of ether oxygens (including phenoxy) is 1. The molecule has 2 aromatic rings. The summed E-state index contributed by atoms with van der Waals surface area (Å²) >= 11 is 1.60. The summed E-state index contributed by atoms with van der Waals surface area (Å²) in [5.41, 5.74) is 1.52. The van der Waals surface area contributed by atoms with Crippen LogP contribution in [0.25, 0.3) is 0 Å². The average Bonchev–Trinajstić information content (AvgIpc) is 3.17. The van der Waals surface area contributed by atoms with E-state index in [9.17, 15) is 9.59 Å². The third kappa shape index (κ3) is 5.81. The second-order valence-electron chi connectivity index (χ2n) is 7.90. The summed E-state index contributed by atoms with van der Waals surface area (Å²) in [4.78, 5) is 31.7. The Kier molecular flexibility index (Phi) is 7.85. The molecule has 3 rings (SSSR count). The molecule has 7 heteroatoms. The maximum Gasteiger partial charge on any atom is 0.254 e. The van der Waals surface area contributed by atoms with Crippen molar-refractivity contribution >= 4 is 23.2 Å². The van der Waals surface area contributed by atoms with Gasteiger partial charge < -0.3 is 15.0 Å². The fourth-order valence-electron chi connectivity index (χ4n) is 3.63. The number of nitrogens with zero attached hydrogens (tertiary/aromatic N) is 2. The van der Waals surface area contributed by atoms with Gasteiger partial charge in [0.2, 0.25) is 5.91 Å². The van der Waals surface area contributed by atoms with Gasteiger partial charge in [0.25, 0.3) is 5.91 Å². The second kappa shape index (κ2) is 10.6. The van der Waals surface area contributed by atoms with Crippen LogP contribution in [0.5, 0.6) is 5.75 Å². The zero-order valence-electron chi connectivity index (χ0n) is 18.0. The molecule has 2 heterocycles. The number of rotatable bonds is 8. The molecule has 162 valence electrons. The summed E-state index contributed by atoms with van der Waals surface area (Å²) in [7, 11) is 0. The van der Waals surface area contributed by atoms with E-state index in [1.165, 1.54) is 0 Å². The van der Waals surface area contributed by atoms with Crippen molar-refractivity contribution in [1.82, 2.24) is 15.2 Å². The van der Waals surface area contributed by atoms with Gasteiger partial charge in [-0.25, -0.2) is 4.98 Å². The highest BCUT2D eigenvalue weighted by atomic mass is 32.1. The van der Waals surface area contributed by atoms with Crippen LogP contribution in [0.3, 0.4) is 0 Å². The summed E-state index contributed by atoms with van der Waals surface area (Å²) < 4.78 is 5.77. The maximum atomic E-state index is 13.1. The number of benzene rings is 1. The van der Waals surface area contributed by atoms with E-state index in [-0.39, 0.29) is 23.8 Å². The van der Waals surface area contributed by atoms with Crippen LogP contribution in [0.15, 0.2) is 29.6 Å². The first-order valence-electron chi connectivity index (χ1n) is 10.7. The lowest BCUT2D eigenvalue weighted by Crippen LogP contribution is -2.49. The number of carbonyl (C=O) groups excluding carboxylic acids is 2. The Labute approximate surface area is 182 Å². The van der Waals surface area contributed by atoms with Crippen LogP contribution < -0.4 is 10.1 Å². The van der Waals surface area contributed by atoms with E-state index < -0.39 is 0 Å². The van der Waals surface area contributed by atoms with Crippen LogP contribution >= 0.6 is 11.3 Å². The number of hydrogen-bond acceptors (Lipinski definition) is 5. The Morgan fingerprint density at radius 1 is 1.27 bits per heavy atom. The fourth-order valence-corrected chi connectivity index (χ4v) is 4.23. The third-order valence-electron chi connectivity index (χ3n) is 5.50. The first-order chi connectivity index (χ1) is 14.5. The molecular weight excluding hydrogens is 398 g/mol. The predicted molar refractivity (Wildman–Crippen MR) is 119 cm³/mol. The first kappa shape index (κ1) is 22.3. The highest BCUT2D eigenvalue weighted by Gasteiger charge is 2.32. The molecule has 2 atom stereocenters. The normalized spacial score (nSPS) is 18.8. The average molecular weight is 430 g/mol. The van der Waals surface area contributed by atoms with E-state index in [2.05, 4.69) is 24.1 Å². The lowest BCUT2D eigenvalue weighted by atomic mass is 9.92. The Bertz CT molecular complexity index is 850. The second-order valence-corrected chi connectivity index (χ2v) is 8.96. The number of thiazole rings is 1. The largest absolute Gasteiger partial charge is 0.487 e. The Hall–Kier alpha value is -2.41. The smallest absolute Gasteiger partial charge is 0.254 e. The highest BCUT2D eigenvalue weighted by Crippen LogP contribution is 2.25. The number of aromatic nitrogens is 1. The van der Waals surface area contributed by atoms with Crippen molar-refractivity contribution in [3.8, 4) is 5.75 Å². The van der Waals surface area contributed by atoms with Crippen LogP contribution in [0.4, 0.5) is 0 Å². The molecular formula is C23H31N3O3S. The van der Waals surface area contributed by atoms with Crippen LogP contribution in [-0.4, -0.2) is 40.8 Å². The van der Waals surface area contributed by atoms with Crippen LogP contribution in [0, 0.1) is 12.8 Å². The molecule has 1 aliphatic heterocycles. The molecule has 2 unspecified atom stereocenters. The number of hydrogen-bond donors (Lipinski definition) is 1. The molecule has 1 fully saturated rings. The zero-order valence-corrected chi connectivity index (χ0v) is 18.8. The molecule has 0 saturated carbocycles. The predicted octanol–water partition coefficient (Wildman–Crippen LogP) is 4.19. The number of aryl methyl sites for hydroxylation is 1. The number of carbonyl (C=O) groups is 2. The quantitative estimate of drug-likeness (QED) is 0.639. The standard InChI is InChI=1S/C23H31N3O3S/c1-4-5-12-24-22(27)19-7-6-16(2)26(13-19)23(28)18-8-10-21(11-9-18)29-14-20-15-30-17(3)25-20/h8-11,15-16,19H,4-7,12-14H2,1-3H3,(H,24,27). The molecule has 6 nitrogen and oxygen atoms in total. The van der Waals surface area contributed by atoms with Gasteiger partial charge in [-0.15, -0.1) is 11.3 Å². The molecule has 2 amide bonds. The topological polar surface area (TPSA) is 71.5 Å². The van der Waals surface area contributed by atoms with Crippen molar-refractivity contribution in [2.45, 2.75) is 59.1 Å². The van der Waals surface area contributed by atoms with Crippen molar-refractivity contribution in [3.63, 3.8) is 0 Å². The summed E-state index contributed by atoms with van der Waals surface area (Å²) in [5.74, 6) is 0.604. The third-order valence-corrected chi connectivity index (χ3v) is 6.32. The van der Waals surface area contributed by atoms with E-state index >= 15 is 0 Å². The van der Waals surface area contributed by atoms with Crippen molar-refractivity contribution in [1.29, 1.82) is 0 Å². The number of piperidine rings is 1. The molecule has 1 aromatic heterocycles. The van der Waals surface area contributed by atoms with Gasteiger partial charge in [0.1, 0.15) is 12.4 Å². The van der Waals surface area contributed by atoms with Gasteiger partial charge in [-0.05, 0) is 57.4 Å². The van der Waals surface area contributed by atoms with Crippen molar-refractivity contribution in [2.24, 2.45) is 5.92 Å². The molecule has 30 heavy (non-hydrogen) atoms. The highest BCUT2D eigenvalue weighted by molar-refractivity contribution is 7.09. The van der Waals surface area contributed by atoms with E-state index in [1.54, 1.807) is 23.5 Å². The Morgan fingerprint density at radius 2 is 2.03 bits per heavy atom. The van der Waals surface area contributed by atoms with Crippen LogP contribution in [-0.2, 0) is 11.4 Å². The lowest BCUT2D eigenvalue weighted by Gasteiger charge is -2.37. The number of likely N-dealkylation sites (tertiary alicyclic amines) is 1. The SMILES string of the molecule is CCCCNC(=O)C1CCC(C)N(C(=O)c2ccc(OCc3csc(C)n3)cc2)C1. The maximum absolute atomic E-state index is 13.1. The number of unbranched alkanes of at least 4 members (excludes halogenated alkanes) is 1. The van der Waals surface area contributed by atoms with E-state index in [1.807, 2.05) is 29.3 Å². The molecule has 0 aliphatic carbocycles. The van der Waals surface area contributed by atoms with Gasteiger partial charge >= 0.3 is 0 Å². The summed E-state index contributed by atoms with van der Waals surface area (Å²) in [6.07, 6.45) is 3.70. The van der Waals surface area contributed by atoms with Crippen molar-refractivity contribution in [2.75, 3.05) is 13.1 Å². The molecule has 1 aliphatic rings. The van der Waals surface area contributed by atoms with Crippen molar-refractivity contribution in [3.05, 3.63) is 45.9 Å². The molecule has 1 saturated heterocycles. The summed E-state index contributed by atoms with van der Waals surface area (Å²) in [6, 6.07) is 7.34. The zero-order chi connectivity index (χ0) is 21.5. The van der Waals surface area contributed by atoms with Gasteiger partial charge in [0.15, 0.2) is 0 Å². The van der Waals surface area contributed by atoms with Crippen LogP contribution in [0.2, 0.25) is 0 Å². The van der Waals surface area contributed by atoms with Gasteiger partial charge in [-0.2, -0.15) is 0 Å². The fraction of sp³-hybridized carbons (Fsp3) is 0.522. The van der Waals surface area contributed by atoms with Crippen molar-refractivity contribution < 1.29 is 14.3 Å². The minimum atomic E-state index is -0.133. The first-order valence-corrected chi connectivity index (χ1v) is 11.6. The minimum Gasteiger partial charge on any atom is -0.487 e. The lowest BCUT2D eigenvalue weighted by molar-refractivity contribution is -0.126. The van der Waals surface area contributed by atoms with Gasteiger partial charge in [0.05, 0.1) is 16.6 Å². The molecule has 1 aromatic carbocycles. The number of amides is 2.